The third-order valence-corrected chi connectivity index (χ3v) is 3.24. The normalized spacial score (nSPS) is 22.5. The van der Waals surface area contributed by atoms with Gasteiger partial charge in [-0.2, -0.15) is 4.98 Å². The van der Waals surface area contributed by atoms with E-state index in [1.54, 1.807) is 6.26 Å². The summed E-state index contributed by atoms with van der Waals surface area (Å²) >= 11 is 0. The Balaban J connectivity index is 1.94. The highest BCUT2D eigenvalue weighted by Gasteiger charge is 2.33. The van der Waals surface area contributed by atoms with E-state index < -0.39 is 0 Å². The first-order chi connectivity index (χ1) is 9.35. The summed E-state index contributed by atoms with van der Waals surface area (Å²) in [7, 11) is 0. The highest BCUT2D eigenvalue weighted by Crippen LogP contribution is 2.25. The van der Waals surface area contributed by atoms with Gasteiger partial charge in [0.05, 0.1) is 23.9 Å². The second kappa shape index (κ2) is 6.14. The average molecular weight is 281 g/mol. The molecule has 0 aromatic carbocycles. The average Bonchev–Trinajstić information content (AvgIpc) is 2.74. The van der Waals surface area contributed by atoms with Crippen molar-refractivity contribution in [2.75, 3.05) is 24.5 Å². The third kappa shape index (κ3) is 4.21. The van der Waals surface area contributed by atoms with E-state index in [0.29, 0.717) is 11.9 Å². The molecule has 2 heterocycles. The molecule has 1 aliphatic rings. The summed E-state index contributed by atoms with van der Waals surface area (Å²) in [6.07, 6.45) is 1.93. The molecule has 20 heavy (non-hydrogen) atoms. The Bertz CT molecular complexity index is 429. The number of morpholine rings is 1. The molecule has 2 rings (SSSR count). The van der Waals surface area contributed by atoms with E-state index in [1.807, 2.05) is 0 Å². The first-order valence-electron chi connectivity index (χ1n) is 7.43. The minimum Gasteiger partial charge on any atom is -0.432 e. The van der Waals surface area contributed by atoms with Crippen molar-refractivity contribution >= 4 is 6.01 Å². The Morgan fingerprint density at radius 1 is 1.50 bits per heavy atom. The summed E-state index contributed by atoms with van der Waals surface area (Å²) in [5.41, 5.74) is 0.792. The van der Waals surface area contributed by atoms with Gasteiger partial charge in [0.2, 0.25) is 0 Å². The predicted octanol–water partition coefficient (Wildman–Crippen LogP) is 2.42. The van der Waals surface area contributed by atoms with Gasteiger partial charge in [-0.05, 0) is 33.2 Å². The molecule has 1 saturated heterocycles. The Kier molecular flexibility index (Phi) is 4.70. The zero-order valence-corrected chi connectivity index (χ0v) is 13.3. The molecule has 1 fully saturated rings. The highest BCUT2D eigenvalue weighted by atomic mass is 16.5. The van der Waals surface area contributed by atoms with Gasteiger partial charge in [0, 0.05) is 13.1 Å². The summed E-state index contributed by atoms with van der Waals surface area (Å²) < 4.78 is 11.5. The van der Waals surface area contributed by atoms with E-state index in [9.17, 15) is 0 Å². The van der Waals surface area contributed by atoms with Crippen molar-refractivity contribution in [1.29, 1.82) is 0 Å². The molecule has 0 saturated carbocycles. The maximum absolute atomic E-state index is 5.90. The summed E-state index contributed by atoms with van der Waals surface area (Å²) in [6.45, 7) is 14.0. The smallest absolute Gasteiger partial charge is 0.297 e. The van der Waals surface area contributed by atoms with Crippen molar-refractivity contribution in [2.24, 2.45) is 5.92 Å². The quantitative estimate of drug-likeness (QED) is 0.898. The SMILES string of the molecule is CC(C)CNCc1coc(N2CC(C)OC(C)(C)C2)n1. The molecule has 1 atom stereocenters. The topological polar surface area (TPSA) is 50.5 Å². The van der Waals surface area contributed by atoms with Crippen LogP contribution in [-0.4, -0.2) is 36.3 Å². The van der Waals surface area contributed by atoms with Crippen LogP contribution in [0.5, 0.6) is 0 Å². The Morgan fingerprint density at radius 3 is 2.90 bits per heavy atom. The lowest BCUT2D eigenvalue weighted by molar-refractivity contribution is -0.0761. The maximum Gasteiger partial charge on any atom is 0.297 e. The van der Waals surface area contributed by atoms with Crippen molar-refractivity contribution < 1.29 is 9.15 Å². The van der Waals surface area contributed by atoms with Crippen LogP contribution in [0, 0.1) is 5.92 Å². The second-order valence-corrected chi connectivity index (χ2v) is 6.71. The largest absolute Gasteiger partial charge is 0.432 e. The molecule has 0 radical (unpaired) electrons. The molecule has 0 amide bonds. The third-order valence-electron chi connectivity index (χ3n) is 3.24. The van der Waals surface area contributed by atoms with Gasteiger partial charge < -0.3 is 19.4 Å². The minimum atomic E-state index is -0.164. The van der Waals surface area contributed by atoms with Crippen LogP contribution in [-0.2, 0) is 11.3 Å². The van der Waals surface area contributed by atoms with Gasteiger partial charge in [-0.25, -0.2) is 0 Å². The fourth-order valence-electron chi connectivity index (χ4n) is 2.61. The minimum absolute atomic E-state index is 0.164. The summed E-state index contributed by atoms with van der Waals surface area (Å²) in [5.74, 6) is 0.641. The van der Waals surface area contributed by atoms with Crippen molar-refractivity contribution in [3.63, 3.8) is 0 Å². The van der Waals surface area contributed by atoms with Crippen LogP contribution in [0.15, 0.2) is 10.7 Å². The molecule has 1 aromatic rings. The van der Waals surface area contributed by atoms with E-state index in [4.69, 9.17) is 9.15 Å². The molecular formula is C15H27N3O2. The number of nitrogens with one attached hydrogen (secondary N) is 1. The fourth-order valence-corrected chi connectivity index (χ4v) is 2.61. The lowest BCUT2D eigenvalue weighted by Crippen LogP contribution is -2.52. The number of hydrogen-bond acceptors (Lipinski definition) is 5. The molecule has 5 nitrogen and oxygen atoms in total. The van der Waals surface area contributed by atoms with Crippen LogP contribution in [0.3, 0.4) is 0 Å². The number of oxazole rings is 1. The summed E-state index contributed by atoms with van der Waals surface area (Å²) in [4.78, 5) is 6.74. The Hall–Kier alpha value is -1.07. The Labute approximate surface area is 121 Å². The molecule has 0 aliphatic carbocycles. The van der Waals surface area contributed by atoms with Crippen molar-refractivity contribution in [1.82, 2.24) is 10.3 Å². The van der Waals surface area contributed by atoms with Gasteiger partial charge >= 0.3 is 0 Å². The lowest BCUT2D eigenvalue weighted by atomic mass is 10.1. The van der Waals surface area contributed by atoms with E-state index >= 15 is 0 Å². The lowest BCUT2D eigenvalue weighted by Gasteiger charge is -2.40. The molecule has 1 aliphatic heterocycles. The second-order valence-electron chi connectivity index (χ2n) is 6.71. The van der Waals surface area contributed by atoms with Crippen LogP contribution in [0.2, 0.25) is 0 Å². The van der Waals surface area contributed by atoms with Gasteiger partial charge in [0.1, 0.15) is 6.26 Å². The van der Waals surface area contributed by atoms with Gasteiger partial charge in [0.15, 0.2) is 0 Å². The number of nitrogens with zero attached hydrogens (tertiary/aromatic N) is 2. The maximum atomic E-state index is 5.90. The molecule has 1 N–H and O–H groups in total. The standard InChI is InChI=1S/C15H27N3O2/c1-11(2)6-16-7-13-9-19-14(17-13)18-8-12(3)20-15(4,5)10-18/h9,11-12,16H,6-8,10H2,1-5H3. The number of anilines is 1. The van der Waals surface area contributed by atoms with Crippen LogP contribution in [0.4, 0.5) is 6.01 Å². The first kappa shape index (κ1) is 15.3. The van der Waals surface area contributed by atoms with Crippen molar-refractivity contribution in [3.05, 3.63) is 12.0 Å². The fraction of sp³-hybridized carbons (Fsp3) is 0.800. The van der Waals surface area contributed by atoms with Crippen LogP contribution in [0.25, 0.3) is 0 Å². The van der Waals surface area contributed by atoms with Gasteiger partial charge in [0.25, 0.3) is 6.01 Å². The molecule has 1 aromatic heterocycles. The van der Waals surface area contributed by atoms with E-state index in [2.05, 4.69) is 49.8 Å². The van der Waals surface area contributed by atoms with E-state index in [-0.39, 0.29) is 11.7 Å². The van der Waals surface area contributed by atoms with Gasteiger partial charge in [-0.1, -0.05) is 13.8 Å². The summed E-state index contributed by atoms with van der Waals surface area (Å²) in [5, 5.41) is 3.38. The first-order valence-corrected chi connectivity index (χ1v) is 7.43. The summed E-state index contributed by atoms with van der Waals surface area (Å²) in [6, 6.07) is 0.703. The number of ether oxygens (including phenoxy) is 1. The number of aromatic nitrogens is 1. The van der Waals surface area contributed by atoms with Crippen LogP contribution in [0.1, 0.15) is 40.3 Å². The van der Waals surface area contributed by atoms with Crippen LogP contribution >= 0.6 is 0 Å². The molecule has 0 spiro atoms. The van der Waals surface area contributed by atoms with E-state index in [1.165, 1.54) is 0 Å². The molecular weight excluding hydrogens is 254 g/mol. The van der Waals surface area contributed by atoms with Gasteiger partial charge in [-0.3, -0.25) is 0 Å². The monoisotopic (exact) mass is 281 g/mol. The van der Waals surface area contributed by atoms with Gasteiger partial charge in [-0.15, -0.1) is 0 Å². The van der Waals surface area contributed by atoms with Crippen molar-refractivity contribution in [3.8, 4) is 0 Å². The predicted molar refractivity (Wildman–Crippen MR) is 79.9 cm³/mol. The number of hydrogen-bond donors (Lipinski definition) is 1. The molecule has 5 heteroatoms. The molecule has 0 bridgehead atoms. The highest BCUT2D eigenvalue weighted by molar-refractivity contribution is 5.29. The van der Waals surface area contributed by atoms with E-state index in [0.717, 1.165) is 31.9 Å². The molecule has 114 valence electrons. The Morgan fingerprint density at radius 2 is 2.25 bits per heavy atom. The molecule has 1 unspecified atom stereocenters. The van der Waals surface area contributed by atoms with Crippen LogP contribution < -0.4 is 10.2 Å². The zero-order chi connectivity index (χ0) is 14.8. The zero-order valence-electron chi connectivity index (χ0n) is 13.3. The number of rotatable bonds is 5. The van der Waals surface area contributed by atoms with Crippen molar-refractivity contribution in [2.45, 2.75) is 52.9 Å².